The number of hydrogen-bond acceptors (Lipinski definition) is 5. The Morgan fingerprint density at radius 3 is 2.96 bits per heavy atom. The molecule has 3 aromatic rings. The Hall–Kier alpha value is -2.54. The van der Waals surface area contributed by atoms with Gasteiger partial charge in [-0.1, -0.05) is 41.7 Å². The van der Waals surface area contributed by atoms with E-state index >= 15 is 0 Å². The van der Waals surface area contributed by atoms with Crippen molar-refractivity contribution in [2.24, 2.45) is 0 Å². The molecule has 0 saturated heterocycles. The predicted molar refractivity (Wildman–Crippen MR) is 87.1 cm³/mol. The molecule has 0 radical (unpaired) electrons. The van der Waals surface area contributed by atoms with Crippen molar-refractivity contribution in [3.63, 3.8) is 0 Å². The molecule has 0 saturated carbocycles. The minimum absolute atomic E-state index is 0.164. The van der Waals surface area contributed by atoms with E-state index in [9.17, 15) is 4.79 Å². The topological polar surface area (TPSA) is 72.7 Å². The van der Waals surface area contributed by atoms with Crippen LogP contribution in [0.15, 0.2) is 36.4 Å². The lowest BCUT2D eigenvalue weighted by molar-refractivity contribution is 0.0945. The molecule has 6 nitrogen and oxygen atoms in total. The second kappa shape index (κ2) is 5.92. The number of aromatic nitrogens is 4. The van der Waals surface area contributed by atoms with Gasteiger partial charge in [-0.15, -0.1) is 10.2 Å². The Bertz CT molecular complexity index is 818. The third-order valence-corrected chi connectivity index (χ3v) is 4.76. The Labute approximate surface area is 137 Å². The van der Waals surface area contributed by atoms with E-state index in [-0.39, 0.29) is 5.91 Å². The zero-order chi connectivity index (χ0) is 15.6. The van der Waals surface area contributed by atoms with E-state index < -0.39 is 0 Å². The molecule has 1 aliphatic rings. The summed E-state index contributed by atoms with van der Waals surface area (Å²) in [5.41, 5.74) is 2.65. The van der Waals surface area contributed by atoms with E-state index in [0.29, 0.717) is 12.2 Å². The van der Waals surface area contributed by atoms with Crippen LogP contribution in [0.3, 0.4) is 0 Å². The van der Waals surface area contributed by atoms with Crippen LogP contribution in [-0.4, -0.2) is 25.9 Å². The van der Waals surface area contributed by atoms with Gasteiger partial charge >= 0.3 is 0 Å². The van der Waals surface area contributed by atoms with Gasteiger partial charge < -0.3 is 5.32 Å². The largest absolute Gasteiger partial charge is 0.344 e. The van der Waals surface area contributed by atoms with Crippen molar-refractivity contribution in [1.82, 2.24) is 25.3 Å². The number of nitrogens with one attached hydrogen (secondary N) is 1. The van der Waals surface area contributed by atoms with Crippen LogP contribution in [0.2, 0.25) is 0 Å². The number of hydrogen-bond donors (Lipinski definition) is 1. The summed E-state index contributed by atoms with van der Waals surface area (Å²) in [5.74, 6) is -0.164. The van der Waals surface area contributed by atoms with Crippen LogP contribution < -0.4 is 5.32 Å². The van der Waals surface area contributed by atoms with Crippen LogP contribution in [0.5, 0.6) is 0 Å². The molecule has 0 atom stereocenters. The Balaban J connectivity index is 1.41. The first-order valence-corrected chi connectivity index (χ1v) is 8.34. The molecule has 1 aliphatic heterocycles. The van der Waals surface area contributed by atoms with Gasteiger partial charge in [0.1, 0.15) is 15.7 Å². The summed E-state index contributed by atoms with van der Waals surface area (Å²) in [4.78, 5) is 12.2. The van der Waals surface area contributed by atoms with E-state index in [1.54, 1.807) is 0 Å². The Kier molecular flexibility index (Phi) is 3.63. The Morgan fingerprint density at radius 1 is 1.26 bits per heavy atom. The highest BCUT2D eigenvalue weighted by Crippen LogP contribution is 2.23. The van der Waals surface area contributed by atoms with Crippen molar-refractivity contribution in [2.45, 2.75) is 25.9 Å². The molecule has 0 spiro atoms. The normalized spacial score (nSPS) is 13.0. The first-order valence-electron chi connectivity index (χ1n) is 7.52. The summed E-state index contributed by atoms with van der Waals surface area (Å²) in [7, 11) is 0. The fourth-order valence-electron chi connectivity index (χ4n) is 2.64. The van der Waals surface area contributed by atoms with Crippen LogP contribution in [0.4, 0.5) is 0 Å². The molecule has 1 aromatic carbocycles. The highest BCUT2D eigenvalue weighted by Gasteiger charge is 2.18. The van der Waals surface area contributed by atoms with Gasteiger partial charge in [-0.3, -0.25) is 9.48 Å². The smallest absolute Gasteiger partial charge is 0.272 e. The van der Waals surface area contributed by atoms with Crippen LogP contribution in [0.25, 0.3) is 10.6 Å². The second-order valence-corrected chi connectivity index (χ2v) is 6.46. The average Bonchev–Trinajstić information content (AvgIpc) is 3.29. The highest BCUT2D eigenvalue weighted by atomic mass is 32.1. The molecule has 0 aliphatic carbocycles. The van der Waals surface area contributed by atoms with Crippen molar-refractivity contribution < 1.29 is 4.79 Å². The van der Waals surface area contributed by atoms with Gasteiger partial charge in [0.15, 0.2) is 0 Å². The van der Waals surface area contributed by atoms with Crippen molar-refractivity contribution in [2.75, 3.05) is 0 Å². The summed E-state index contributed by atoms with van der Waals surface area (Å²) in [6.07, 6.45) is 2.11. The van der Waals surface area contributed by atoms with Gasteiger partial charge in [0.05, 0.1) is 6.54 Å². The van der Waals surface area contributed by atoms with E-state index in [1.165, 1.54) is 11.3 Å². The van der Waals surface area contributed by atoms with E-state index in [0.717, 1.165) is 40.7 Å². The molecule has 7 heteroatoms. The minimum atomic E-state index is -0.164. The molecule has 1 N–H and O–H groups in total. The van der Waals surface area contributed by atoms with Crippen LogP contribution >= 0.6 is 11.3 Å². The second-order valence-electron chi connectivity index (χ2n) is 5.40. The van der Waals surface area contributed by atoms with Gasteiger partial charge in [-0.25, -0.2) is 0 Å². The average molecular weight is 325 g/mol. The maximum absolute atomic E-state index is 12.2. The monoisotopic (exact) mass is 325 g/mol. The molecule has 2 aromatic heterocycles. The van der Waals surface area contributed by atoms with Gasteiger partial charge in [0.2, 0.25) is 0 Å². The summed E-state index contributed by atoms with van der Waals surface area (Å²) >= 11 is 1.48. The van der Waals surface area contributed by atoms with E-state index in [4.69, 9.17) is 0 Å². The van der Waals surface area contributed by atoms with Crippen molar-refractivity contribution >= 4 is 17.2 Å². The quantitative estimate of drug-likeness (QED) is 0.799. The van der Waals surface area contributed by atoms with E-state index in [1.807, 2.05) is 41.1 Å². The third-order valence-electron chi connectivity index (χ3n) is 3.79. The van der Waals surface area contributed by atoms with Gasteiger partial charge in [0, 0.05) is 17.8 Å². The molecule has 4 rings (SSSR count). The lowest BCUT2D eigenvalue weighted by atomic mass is 10.2. The molecule has 0 bridgehead atoms. The number of benzene rings is 1. The van der Waals surface area contributed by atoms with Crippen molar-refractivity contribution in [3.05, 3.63) is 52.8 Å². The summed E-state index contributed by atoms with van der Waals surface area (Å²) < 4.78 is 1.91. The maximum atomic E-state index is 12.2. The number of rotatable bonds is 4. The zero-order valence-electron chi connectivity index (χ0n) is 12.4. The SMILES string of the molecule is O=C(NCc1nnc(-c2ccccc2)s1)c1cc2n(n1)CCC2. The van der Waals surface area contributed by atoms with Crippen LogP contribution in [0, 0.1) is 0 Å². The molecular formula is C16H15N5OS. The summed E-state index contributed by atoms with van der Waals surface area (Å²) in [6, 6.07) is 11.8. The van der Waals surface area contributed by atoms with Crippen molar-refractivity contribution in [3.8, 4) is 10.6 Å². The molecule has 23 heavy (non-hydrogen) atoms. The molecule has 0 fully saturated rings. The first-order chi connectivity index (χ1) is 11.3. The fourth-order valence-corrected chi connectivity index (χ4v) is 3.42. The number of aryl methyl sites for hydroxylation is 2. The molecule has 116 valence electrons. The van der Waals surface area contributed by atoms with Gasteiger partial charge in [-0.2, -0.15) is 5.10 Å². The van der Waals surface area contributed by atoms with E-state index in [2.05, 4.69) is 20.6 Å². The number of nitrogens with zero attached hydrogens (tertiary/aromatic N) is 4. The lowest BCUT2D eigenvalue weighted by Crippen LogP contribution is -2.23. The number of fused-ring (bicyclic) bond motifs is 1. The molecule has 0 unspecified atom stereocenters. The minimum Gasteiger partial charge on any atom is -0.344 e. The molecular weight excluding hydrogens is 310 g/mol. The van der Waals surface area contributed by atoms with Crippen LogP contribution in [-0.2, 0) is 19.5 Å². The van der Waals surface area contributed by atoms with Crippen LogP contribution in [0.1, 0.15) is 27.6 Å². The fraction of sp³-hybridized carbons (Fsp3) is 0.250. The standard InChI is InChI=1S/C16H15N5OS/c22-15(13-9-12-7-4-8-21(12)20-13)17-10-14-18-19-16(23-14)11-5-2-1-3-6-11/h1-3,5-6,9H,4,7-8,10H2,(H,17,22). The highest BCUT2D eigenvalue weighted by molar-refractivity contribution is 7.14. The number of carbonyl (C=O) groups is 1. The van der Waals surface area contributed by atoms with Gasteiger partial charge in [0.25, 0.3) is 5.91 Å². The predicted octanol–water partition coefficient (Wildman–Crippen LogP) is 2.28. The molecule has 1 amide bonds. The Morgan fingerprint density at radius 2 is 2.13 bits per heavy atom. The van der Waals surface area contributed by atoms with Crippen molar-refractivity contribution in [1.29, 1.82) is 0 Å². The third kappa shape index (κ3) is 2.87. The van der Waals surface area contributed by atoms with Gasteiger partial charge in [-0.05, 0) is 18.9 Å². The first kappa shape index (κ1) is 14.1. The summed E-state index contributed by atoms with van der Waals surface area (Å²) in [5, 5.41) is 17.1. The molecule has 3 heterocycles. The lowest BCUT2D eigenvalue weighted by Gasteiger charge is -1.99. The number of carbonyl (C=O) groups excluding carboxylic acids is 1. The zero-order valence-corrected chi connectivity index (χ0v) is 13.2. The summed E-state index contributed by atoms with van der Waals surface area (Å²) in [6.45, 7) is 1.27. The number of amides is 1. The maximum Gasteiger partial charge on any atom is 0.272 e.